The number of anilines is 1. The van der Waals surface area contributed by atoms with Crippen LogP contribution in [-0.4, -0.2) is 23.9 Å². The van der Waals surface area contributed by atoms with Crippen LogP contribution in [0.4, 0.5) is 18.9 Å². The lowest BCUT2D eigenvalue weighted by Crippen LogP contribution is -2.58. The molecule has 0 radical (unpaired) electrons. The molecule has 26 heavy (non-hydrogen) atoms. The molecule has 1 aliphatic carbocycles. The first kappa shape index (κ1) is 17.8. The Bertz CT molecular complexity index is 805. The van der Waals surface area contributed by atoms with Crippen molar-refractivity contribution in [2.24, 2.45) is 21.5 Å². The third kappa shape index (κ3) is 3.37. The van der Waals surface area contributed by atoms with Crippen molar-refractivity contribution in [3.05, 3.63) is 23.8 Å². The second kappa shape index (κ2) is 6.40. The van der Waals surface area contributed by atoms with E-state index in [2.05, 4.69) is 14.7 Å². The van der Waals surface area contributed by atoms with Crippen LogP contribution in [0.3, 0.4) is 0 Å². The third-order valence-electron chi connectivity index (χ3n) is 4.42. The van der Waals surface area contributed by atoms with Crippen LogP contribution in [-0.2, 0) is 0 Å². The van der Waals surface area contributed by atoms with E-state index in [0.717, 1.165) is 31.4 Å². The third-order valence-corrected chi connectivity index (χ3v) is 4.42. The minimum absolute atomic E-state index is 0.0138. The van der Waals surface area contributed by atoms with Gasteiger partial charge in [-0.1, -0.05) is 6.42 Å². The first-order valence-corrected chi connectivity index (χ1v) is 8.04. The van der Waals surface area contributed by atoms with Gasteiger partial charge in [0.25, 0.3) is 0 Å². The normalized spacial score (nSPS) is 19.5. The van der Waals surface area contributed by atoms with Gasteiger partial charge in [-0.05, 0) is 37.8 Å². The topological polar surface area (TPSA) is 113 Å². The number of hydrogen-bond acceptors (Lipinski definition) is 7. The van der Waals surface area contributed by atoms with Crippen LogP contribution < -0.4 is 21.1 Å². The van der Waals surface area contributed by atoms with Gasteiger partial charge in [0.15, 0.2) is 0 Å². The number of nitriles is 1. The highest BCUT2D eigenvalue weighted by Gasteiger charge is 2.43. The number of benzene rings is 1. The molecule has 1 aliphatic heterocycles. The Kier molecular flexibility index (Phi) is 4.39. The first-order chi connectivity index (χ1) is 12.2. The molecule has 2 aliphatic rings. The fourth-order valence-corrected chi connectivity index (χ4v) is 3.46. The zero-order valence-corrected chi connectivity index (χ0v) is 13.8. The van der Waals surface area contributed by atoms with Crippen molar-refractivity contribution < 1.29 is 17.9 Å². The molecular formula is C16H17F3N6O. The number of nitrogens with zero attached hydrogens (tertiary/aromatic N) is 4. The number of nitrogens with two attached hydrogens (primary N) is 2. The molecule has 1 spiro atoms. The van der Waals surface area contributed by atoms with Crippen molar-refractivity contribution >= 4 is 17.6 Å². The van der Waals surface area contributed by atoms with Crippen LogP contribution in [0.25, 0.3) is 0 Å². The summed E-state index contributed by atoms with van der Waals surface area (Å²) in [5.41, 5.74) is 11.3. The highest BCUT2D eigenvalue weighted by Crippen LogP contribution is 2.41. The Hall–Kier alpha value is -2.96. The van der Waals surface area contributed by atoms with Gasteiger partial charge in [0.1, 0.15) is 17.5 Å². The summed E-state index contributed by atoms with van der Waals surface area (Å²) in [4.78, 5) is 9.89. The molecule has 0 aromatic heterocycles. The number of rotatable bonds is 2. The van der Waals surface area contributed by atoms with Gasteiger partial charge in [0, 0.05) is 6.07 Å². The standard InChI is InChI=1S/C16H17F3N6O/c17-16(18,19)26-11-5-4-10(9-20)12(8-11)25-14(22)23-13(21)24-15(25)6-2-1-3-7-15/h4-5,8H,1-3,6-7H2,(H4,21,22,23,24). The quantitative estimate of drug-likeness (QED) is 0.835. The van der Waals surface area contributed by atoms with E-state index < -0.39 is 17.8 Å². The van der Waals surface area contributed by atoms with Gasteiger partial charge in [0.05, 0.1) is 11.3 Å². The molecule has 1 heterocycles. The Morgan fingerprint density at radius 1 is 1.19 bits per heavy atom. The van der Waals surface area contributed by atoms with E-state index in [9.17, 15) is 18.4 Å². The van der Waals surface area contributed by atoms with Crippen molar-refractivity contribution in [3.63, 3.8) is 0 Å². The molecule has 1 aromatic rings. The van der Waals surface area contributed by atoms with E-state index in [0.29, 0.717) is 12.8 Å². The summed E-state index contributed by atoms with van der Waals surface area (Å²) in [7, 11) is 0. The minimum Gasteiger partial charge on any atom is -0.406 e. The highest BCUT2D eigenvalue weighted by molar-refractivity contribution is 6.06. The van der Waals surface area contributed by atoms with E-state index in [4.69, 9.17) is 11.5 Å². The molecule has 3 rings (SSSR count). The summed E-state index contributed by atoms with van der Waals surface area (Å²) in [5, 5.41) is 9.42. The molecule has 10 heteroatoms. The molecule has 1 saturated carbocycles. The van der Waals surface area contributed by atoms with Crippen LogP contribution in [0.15, 0.2) is 28.2 Å². The van der Waals surface area contributed by atoms with Crippen molar-refractivity contribution in [3.8, 4) is 11.8 Å². The van der Waals surface area contributed by atoms with Crippen molar-refractivity contribution in [1.82, 2.24) is 0 Å². The van der Waals surface area contributed by atoms with Gasteiger partial charge in [-0.2, -0.15) is 10.3 Å². The molecule has 0 atom stereocenters. The average Bonchev–Trinajstić information content (AvgIpc) is 2.53. The lowest BCUT2D eigenvalue weighted by Gasteiger charge is -2.45. The monoisotopic (exact) mass is 366 g/mol. The van der Waals surface area contributed by atoms with Crippen molar-refractivity contribution in [1.29, 1.82) is 5.26 Å². The van der Waals surface area contributed by atoms with Crippen LogP contribution in [0.5, 0.6) is 5.75 Å². The predicted octanol–water partition coefficient (Wildman–Crippen LogP) is 2.57. The fraction of sp³-hybridized carbons (Fsp3) is 0.438. The molecule has 4 N–H and O–H groups in total. The lowest BCUT2D eigenvalue weighted by molar-refractivity contribution is -0.274. The van der Waals surface area contributed by atoms with E-state index in [1.54, 1.807) is 0 Å². The zero-order valence-electron chi connectivity index (χ0n) is 13.8. The average molecular weight is 366 g/mol. The van der Waals surface area contributed by atoms with E-state index >= 15 is 0 Å². The SMILES string of the molecule is N#Cc1ccc(OC(F)(F)F)cc1N1C(N)=NC(N)=NC12CCCCC2. The predicted molar refractivity (Wildman–Crippen MR) is 89.4 cm³/mol. The van der Waals surface area contributed by atoms with Gasteiger partial charge >= 0.3 is 6.36 Å². The smallest absolute Gasteiger partial charge is 0.406 e. The minimum atomic E-state index is -4.85. The van der Waals surface area contributed by atoms with Gasteiger partial charge in [0.2, 0.25) is 11.9 Å². The maximum atomic E-state index is 12.6. The zero-order chi connectivity index (χ0) is 18.9. The maximum Gasteiger partial charge on any atom is 0.573 e. The number of guanidine groups is 2. The number of ether oxygens (including phenoxy) is 1. The van der Waals surface area contributed by atoms with Crippen molar-refractivity contribution in [2.45, 2.75) is 44.1 Å². The summed E-state index contributed by atoms with van der Waals surface area (Å²) < 4.78 is 41.7. The molecular weight excluding hydrogens is 349 g/mol. The molecule has 0 bridgehead atoms. The molecule has 0 amide bonds. The number of hydrogen-bond donors (Lipinski definition) is 2. The summed E-state index contributed by atoms with van der Waals surface area (Å²) in [6, 6.07) is 5.43. The highest BCUT2D eigenvalue weighted by atomic mass is 19.4. The molecule has 1 aromatic carbocycles. The van der Waals surface area contributed by atoms with Crippen LogP contribution in [0.2, 0.25) is 0 Å². The molecule has 0 unspecified atom stereocenters. The van der Waals surface area contributed by atoms with Gasteiger partial charge in [-0.3, -0.25) is 4.90 Å². The summed E-state index contributed by atoms with van der Waals surface area (Å²) in [6.45, 7) is 0. The molecule has 138 valence electrons. The molecule has 7 nitrogen and oxygen atoms in total. The van der Waals surface area contributed by atoms with Crippen LogP contribution in [0.1, 0.15) is 37.7 Å². The van der Waals surface area contributed by atoms with Crippen LogP contribution in [0, 0.1) is 11.3 Å². The van der Waals surface area contributed by atoms with E-state index in [1.165, 1.54) is 11.0 Å². The lowest BCUT2D eigenvalue weighted by atomic mass is 9.87. The fourth-order valence-electron chi connectivity index (χ4n) is 3.46. The van der Waals surface area contributed by atoms with E-state index in [1.807, 2.05) is 6.07 Å². The summed E-state index contributed by atoms with van der Waals surface area (Å²) in [5.74, 6) is -0.449. The summed E-state index contributed by atoms with van der Waals surface area (Å²) >= 11 is 0. The van der Waals surface area contributed by atoms with Crippen molar-refractivity contribution in [2.75, 3.05) is 4.90 Å². The first-order valence-electron chi connectivity index (χ1n) is 8.04. The number of aliphatic imine (C=N–C) groups is 2. The largest absolute Gasteiger partial charge is 0.573 e. The van der Waals surface area contributed by atoms with Gasteiger partial charge in [-0.25, -0.2) is 4.99 Å². The summed E-state index contributed by atoms with van der Waals surface area (Å²) in [6.07, 6.45) is -0.955. The second-order valence-electron chi connectivity index (χ2n) is 6.16. The number of alkyl halides is 3. The Labute approximate surface area is 147 Å². The van der Waals surface area contributed by atoms with Gasteiger partial charge in [-0.15, -0.1) is 13.2 Å². The maximum absolute atomic E-state index is 12.6. The Morgan fingerprint density at radius 3 is 2.50 bits per heavy atom. The second-order valence-corrected chi connectivity index (χ2v) is 6.16. The molecule has 1 fully saturated rings. The van der Waals surface area contributed by atoms with Crippen LogP contribution >= 0.6 is 0 Å². The number of halogens is 3. The Morgan fingerprint density at radius 2 is 1.88 bits per heavy atom. The van der Waals surface area contributed by atoms with Gasteiger partial charge < -0.3 is 16.2 Å². The Balaban J connectivity index is 2.11. The molecule has 0 saturated heterocycles. The van der Waals surface area contributed by atoms with E-state index in [-0.39, 0.29) is 23.2 Å².